The van der Waals surface area contributed by atoms with Crippen molar-refractivity contribution in [3.05, 3.63) is 40.9 Å². The lowest BCUT2D eigenvalue weighted by Crippen LogP contribution is -2.04. The van der Waals surface area contributed by atoms with E-state index in [0.29, 0.717) is 5.13 Å². The Hall–Kier alpha value is -2.01. The molecule has 0 aliphatic heterocycles. The zero-order chi connectivity index (χ0) is 12.1. The Kier molecular flexibility index (Phi) is 3.62. The van der Waals surface area contributed by atoms with Crippen molar-refractivity contribution < 1.29 is 4.79 Å². The Balaban J connectivity index is 2.06. The third-order valence-corrected chi connectivity index (χ3v) is 2.75. The number of nitrogens with one attached hydrogen (secondary N) is 1. The topological polar surface area (TPSA) is 54.9 Å². The highest BCUT2D eigenvalue weighted by Crippen LogP contribution is 2.17. The number of anilines is 1. The van der Waals surface area contributed by atoms with Crippen LogP contribution in [0.1, 0.15) is 17.5 Å². The molecular weight excluding hydrogens is 234 g/mol. The highest BCUT2D eigenvalue weighted by Gasteiger charge is 2.02. The molecule has 0 bridgehead atoms. The molecule has 2 aromatic rings. The summed E-state index contributed by atoms with van der Waals surface area (Å²) in [6.07, 6.45) is 3.83. The molecule has 0 unspecified atom stereocenters. The van der Waals surface area contributed by atoms with Crippen molar-refractivity contribution in [2.24, 2.45) is 0 Å². The number of benzene rings is 1. The molecule has 0 radical (unpaired) electrons. The molecule has 0 spiro atoms. The maximum Gasteiger partial charge on any atom is 0.223 e. The monoisotopic (exact) mass is 245 g/mol. The van der Waals surface area contributed by atoms with Gasteiger partial charge < -0.3 is 5.32 Å². The van der Waals surface area contributed by atoms with Crippen molar-refractivity contribution in [3.8, 4) is 0 Å². The van der Waals surface area contributed by atoms with Gasteiger partial charge in [0.1, 0.15) is 5.01 Å². The standard InChI is InChI=1S/C12H11N3OS/c1-9(16)13-12-15-14-11(17-12)8-7-10-5-3-2-4-6-10/h2-8H,1H3,(H,13,15,16)/b8-7+. The Morgan fingerprint density at radius 2 is 2.00 bits per heavy atom. The molecule has 17 heavy (non-hydrogen) atoms. The Morgan fingerprint density at radius 3 is 2.71 bits per heavy atom. The van der Waals surface area contributed by atoms with Gasteiger partial charge in [-0.3, -0.25) is 4.79 Å². The fourth-order valence-corrected chi connectivity index (χ4v) is 1.93. The first kappa shape index (κ1) is 11.5. The van der Waals surface area contributed by atoms with E-state index >= 15 is 0 Å². The molecule has 1 aromatic carbocycles. The van der Waals surface area contributed by atoms with Gasteiger partial charge in [0.05, 0.1) is 0 Å². The quantitative estimate of drug-likeness (QED) is 0.904. The van der Waals surface area contributed by atoms with E-state index in [0.717, 1.165) is 10.6 Å². The normalized spacial score (nSPS) is 10.6. The van der Waals surface area contributed by atoms with Gasteiger partial charge in [-0.15, -0.1) is 10.2 Å². The van der Waals surface area contributed by atoms with Crippen LogP contribution in [0, 0.1) is 0 Å². The second kappa shape index (κ2) is 5.36. The van der Waals surface area contributed by atoms with E-state index in [1.807, 2.05) is 42.5 Å². The van der Waals surface area contributed by atoms with Gasteiger partial charge in [0.15, 0.2) is 0 Å². The van der Waals surface area contributed by atoms with E-state index in [1.54, 1.807) is 0 Å². The number of amides is 1. The third kappa shape index (κ3) is 3.49. The number of aromatic nitrogens is 2. The lowest BCUT2D eigenvalue weighted by molar-refractivity contribution is -0.114. The molecule has 0 atom stereocenters. The van der Waals surface area contributed by atoms with Gasteiger partial charge in [-0.1, -0.05) is 47.7 Å². The molecule has 86 valence electrons. The van der Waals surface area contributed by atoms with Gasteiger partial charge >= 0.3 is 0 Å². The van der Waals surface area contributed by atoms with Gasteiger partial charge in [-0.25, -0.2) is 0 Å². The fraction of sp³-hybridized carbons (Fsp3) is 0.0833. The molecule has 5 heteroatoms. The summed E-state index contributed by atoms with van der Waals surface area (Å²) in [6.45, 7) is 1.45. The Bertz CT molecular complexity index is 534. The molecule has 0 saturated carbocycles. The van der Waals surface area contributed by atoms with Crippen molar-refractivity contribution in [3.63, 3.8) is 0 Å². The largest absolute Gasteiger partial charge is 0.301 e. The van der Waals surface area contributed by atoms with Crippen LogP contribution in [0.2, 0.25) is 0 Å². The molecule has 4 nitrogen and oxygen atoms in total. The van der Waals surface area contributed by atoms with E-state index in [2.05, 4.69) is 15.5 Å². The maximum atomic E-state index is 10.8. The first-order valence-corrected chi connectivity index (χ1v) is 5.90. The van der Waals surface area contributed by atoms with Crippen LogP contribution >= 0.6 is 11.3 Å². The minimum Gasteiger partial charge on any atom is -0.301 e. The molecule has 1 amide bonds. The van der Waals surface area contributed by atoms with Gasteiger partial charge in [0, 0.05) is 6.92 Å². The molecule has 0 aliphatic carbocycles. The fourth-order valence-electron chi connectivity index (χ4n) is 1.23. The number of carbonyl (C=O) groups is 1. The highest BCUT2D eigenvalue weighted by atomic mass is 32.1. The molecule has 2 rings (SSSR count). The zero-order valence-corrected chi connectivity index (χ0v) is 10.1. The van der Waals surface area contributed by atoms with Gasteiger partial charge in [0.2, 0.25) is 11.0 Å². The van der Waals surface area contributed by atoms with Crippen LogP contribution in [0.15, 0.2) is 30.3 Å². The smallest absolute Gasteiger partial charge is 0.223 e. The molecule has 0 fully saturated rings. The van der Waals surface area contributed by atoms with Crippen LogP contribution in [0.4, 0.5) is 5.13 Å². The van der Waals surface area contributed by atoms with E-state index in [1.165, 1.54) is 18.3 Å². The average molecular weight is 245 g/mol. The molecule has 1 N–H and O–H groups in total. The van der Waals surface area contributed by atoms with Crippen molar-refractivity contribution in [1.29, 1.82) is 0 Å². The minimum atomic E-state index is -0.139. The molecule has 1 heterocycles. The van der Waals surface area contributed by atoms with E-state index in [9.17, 15) is 4.79 Å². The molecule has 0 saturated heterocycles. The summed E-state index contributed by atoms with van der Waals surface area (Å²) in [4.78, 5) is 10.8. The summed E-state index contributed by atoms with van der Waals surface area (Å²) in [5, 5.41) is 11.7. The van der Waals surface area contributed by atoms with Crippen LogP contribution in [0.25, 0.3) is 12.2 Å². The summed E-state index contributed by atoms with van der Waals surface area (Å²) in [5.74, 6) is -0.139. The van der Waals surface area contributed by atoms with Gasteiger partial charge in [-0.05, 0) is 11.6 Å². The predicted octanol–water partition coefficient (Wildman–Crippen LogP) is 2.67. The summed E-state index contributed by atoms with van der Waals surface area (Å²) in [6, 6.07) is 9.93. The SMILES string of the molecule is CC(=O)Nc1nnc(/C=C/c2ccccc2)s1. The summed E-state index contributed by atoms with van der Waals surface area (Å²) < 4.78 is 0. The van der Waals surface area contributed by atoms with Crippen LogP contribution < -0.4 is 5.32 Å². The lowest BCUT2D eigenvalue weighted by atomic mass is 10.2. The molecule has 1 aromatic heterocycles. The van der Waals surface area contributed by atoms with Crippen molar-refractivity contribution in [2.45, 2.75) is 6.92 Å². The Morgan fingerprint density at radius 1 is 1.24 bits per heavy atom. The number of carbonyl (C=O) groups excluding carboxylic acids is 1. The first-order valence-electron chi connectivity index (χ1n) is 5.08. The minimum absolute atomic E-state index is 0.139. The zero-order valence-electron chi connectivity index (χ0n) is 9.25. The number of hydrogen-bond donors (Lipinski definition) is 1. The average Bonchev–Trinajstić information content (AvgIpc) is 2.75. The number of rotatable bonds is 3. The van der Waals surface area contributed by atoms with E-state index in [-0.39, 0.29) is 5.91 Å². The summed E-state index contributed by atoms with van der Waals surface area (Å²) in [5.41, 5.74) is 1.10. The van der Waals surface area contributed by atoms with Crippen LogP contribution in [-0.2, 0) is 4.79 Å². The van der Waals surface area contributed by atoms with E-state index in [4.69, 9.17) is 0 Å². The number of hydrogen-bond acceptors (Lipinski definition) is 4. The van der Waals surface area contributed by atoms with Crippen LogP contribution in [-0.4, -0.2) is 16.1 Å². The predicted molar refractivity (Wildman–Crippen MR) is 69.6 cm³/mol. The van der Waals surface area contributed by atoms with Crippen molar-refractivity contribution in [1.82, 2.24) is 10.2 Å². The summed E-state index contributed by atoms with van der Waals surface area (Å²) in [7, 11) is 0. The third-order valence-electron chi connectivity index (χ3n) is 1.94. The maximum absolute atomic E-state index is 10.8. The Labute approximate surface area is 103 Å². The molecular formula is C12H11N3OS. The second-order valence-corrected chi connectivity index (χ2v) is 4.38. The second-order valence-electron chi connectivity index (χ2n) is 3.37. The van der Waals surface area contributed by atoms with Gasteiger partial charge in [0.25, 0.3) is 0 Å². The molecule has 0 aliphatic rings. The summed E-state index contributed by atoms with van der Waals surface area (Å²) >= 11 is 1.34. The number of nitrogens with zero attached hydrogens (tertiary/aromatic N) is 2. The van der Waals surface area contributed by atoms with Crippen molar-refractivity contribution in [2.75, 3.05) is 5.32 Å². The van der Waals surface area contributed by atoms with Crippen LogP contribution in [0.5, 0.6) is 0 Å². The van der Waals surface area contributed by atoms with E-state index < -0.39 is 0 Å². The van der Waals surface area contributed by atoms with Gasteiger partial charge in [-0.2, -0.15) is 0 Å². The van der Waals surface area contributed by atoms with Crippen molar-refractivity contribution >= 4 is 34.5 Å². The lowest BCUT2D eigenvalue weighted by Gasteiger charge is -1.90. The van der Waals surface area contributed by atoms with Crippen LogP contribution in [0.3, 0.4) is 0 Å². The highest BCUT2D eigenvalue weighted by molar-refractivity contribution is 7.16. The first-order chi connectivity index (χ1) is 8.24.